The van der Waals surface area contributed by atoms with Gasteiger partial charge in [-0.15, -0.1) is 0 Å². The maximum atomic E-state index is 11.1. The van der Waals surface area contributed by atoms with E-state index >= 15 is 0 Å². The highest BCUT2D eigenvalue weighted by molar-refractivity contribution is 5.48. The number of hydrogen-bond acceptors (Lipinski definition) is 3. The summed E-state index contributed by atoms with van der Waals surface area (Å²) in [6, 6.07) is 5.09. The van der Waals surface area contributed by atoms with Crippen LogP contribution in [0, 0.1) is 0 Å². The maximum Gasteiger partial charge on any atom is 0.123 e. The molecule has 0 unspecified atom stereocenters. The number of hydrogen-bond donors (Lipinski definition) is 1. The SMILES string of the molecule is CC(C)N1CCCN(Cc2cc(C(C)(C)C)cc(C(C)(C)C)c2O)CCC1. The van der Waals surface area contributed by atoms with Crippen molar-refractivity contribution in [1.82, 2.24) is 9.80 Å². The third kappa shape index (κ3) is 5.96. The molecule has 3 nitrogen and oxygen atoms in total. The van der Waals surface area contributed by atoms with Crippen LogP contribution in [0.2, 0.25) is 0 Å². The first-order valence-electron chi connectivity index (χ1n) is 10.7. The first-order chi connectivity index (χ1) is 12.4. The fourth-order valence-electron chi connectivity index (χ4n) is 3.95. The Hall–Kier alpha value is -1.06. The van der Waals surface area contributed by atoms with Crippen molar-refractivity contribution in [2.24, 2.45) is 0 Å². The fraction of sp³-hybridized carbons (Fsp3) is 0.750. The normalized spacial score (nSPS) is 18.6. The lowest BCUT2D eigenvalue weighted by Gasteiger charge is -2.33. The number of phenolic OH excluding ortho intramolecular Hbond substituents is 1. The third-order valence-electron chi connectivity index (χ3n) is 5.83. The molecule has 1 aliphatic heterocycles. The van der Waals surface area contributed by atoms with Crippen molar-refractivity contribution in [3.8, 4) is 5.75 Å². The molecule has 1 heterocycles. The van der Waals surface area contributed by atoms with Crippen molar-refractivity contribution in [3.63, 3.8) is 0 Å². The average molecular weight is 375 g/mol. The largest absolute Gasteiger partial charge is 0.507 e. The molecule has 0 saturated carbocycles. The summed E-state index contributed by atoms with van der Waals surface area (Å²) in [7, 11) is 0. The molecule has 1 fully saturated rings. The second-order valence-electron chi connectivity index (χ2n) is 10.6. The van der Waals surface area contributed by atoms with Crippen molar-refractivity contribution >= 4 is 0 Å². The molecule has 154 valence electrons. The third-order valence-corrected chi connectivity index (χ3v) is 5.83. The lowest BCUT2D eigenvalue weighted by Crippen LogP contribution is -2.39. The van der Waals surface area contributed by atoms with Crippen molar-refractivity contribution in [3.05, 3.63) is 28.8 Å². The molecule has 0 radical (unpaired) electrons. The summed E-state index contributed by atoms with van der Waals surface area (Å²) in [5, 5.41) is 11.1. The van der Waals surface area contributed by atoms with Gasteiger partial charge in [0.05, 0.1) is 0 Å². The molecular weight excluding hydrogens is 332 g/mol. The van der Waals surface area contributed by atoms with Crippen LogP contribution in [0.3, 0.4) is 0 Å². The van der Waals surface area contributed by atoms with Crippen LogP contribution in [0.15, 0.2) is 12.1 Å². The minimum absolute atomic E-state index is 0.0614. The van der Waals surface area contributed by atoms with E-state index in [2.05, 4.69) is 77.3 Å². The highest BCUT2D eigenvalue weighted by Gasteiger charge is 2.26. The van der Waals surface area contributed by atoms with Crippen LogP contribution in [0.1, 0.15) is 84.9 Å². The Kier molecular flexibility index (Phi) is 7.02. The van der Waals surface area contributed by atoms with E-state index < -0.39 is 0 Å². The van der Waals surface area contributed by atoms with Gasteiger partial charge in [0.15, 0.2) is 0 Å². The first kappa shape index (κ1) is 22.2. The van der Waals surface area contributed by atoms with Crippen LogP contribution in [-0.4, -0.2) is 47.1 Å². The summed E-state index contributed by atoms with van der Waals surface area (Å²) in [5.41, 5.74) is 3.50. The van der Waals surface area contributed by atoms with Crippen LogP contribution in [0.4, 0.5) is 0 Å². The summed E-state index contributed by atoms with van der Waals surface area (Å²) >= 11 is 0. The lowest BCUT2D eigenvalue weighted by atomic mass is 9.79. The average Bonchev–Trinajstić information content (AvgIpc) is 2.48. The van der Waals surface area contributed by atoms with Crippen LogP contribution in [-0.2, 0) is 17.4 Å². The molecular formula is C24H42N2O. The quantitative estimate of drug-likeness (QED) is 0.778. The van der Waals surface area contributed by atoms with Crippen LogP contribution in [0.25, 0.3) is 0 Å². The Labute approximate surface area is 167 Å². The van der Waals surface area contributed by atoms with Gasteiger partial charge in [0.25, 0.3) is 0 Å². The lowest BCUT2D eigenvalue weighted by molar-refractivity contribution is 0.153. The molecule has 1 N–H and O–H groups in total. The highest BCUT2D eigenvalue weighted by Crippen LogP contribution is 2.38. The molecule has 1 aliphatic rings. The van der Waals surface area contributed by atoms with Gasteiger partial charge in [-0.1, -0.05) is 53.7 Å². The van der Waals surface area contributed by atoms with E-state index in [1.807, 2.05) is 0 Å². The summed E-state index contributed by atoms with van der Waals surface area (Å²) in [6.45, 7) is 23.3. The van der Waals surface area contributed by atoms with Crippen molar-refractivity contribution in [1.29, 1.82) is 0 Å². The Morgan fingerprint density at radius 1 is 0.889 bits per heavy atom. The molecule has 2 rings (SSSR count). The highest BCUT2D eigenvalue weighted by atomic mass is 16.3. The molecule has 0 spiro atoms. The number of aromatic hydroxyl groups is 1. The fourth-order valence-corrected chi connectivity index (χ4v) is 3.95. The van der Waals surface area contributed by atoms with E-state index in [9.17, 15) is 5.11 Å². The van der Waals surface area contributed by atoms with Gasteiger partial charge in [0, 0.05) is 18.2 Å². The Balaban J connectivity index is 2.25. The minimum atomic E-state index is -0.0614. The Bertz CT molecular complexity index is 612. The second-order valence-corrected chi connectivity index (χ2v) is 10.6. The molecule has 0 aliphatic carbocycles. The van der Waals surface area contributed by atoms with Crippen molar-refractivity contribution < 1.29 is 5.11 Å². The smallest absolute Gasteiger partial charge is 0.123 e. The second kappa shape index (κ2) is 8.53. The minimum Gasteiger partial charge on any atom is -0.507 e. The van der Waals surface area contributed by atoms with Crippen molar-refractivity contribution in [2.75, 3.05) is 26.2 Å². The molecule has 27 heavy (non-hydrogen) atoms. The molecule has 0 bridgehead atoms. The summed E-state index contributed by atoms with van der Waals surface area (Å²) < 4.78 is 0. The molecule has 1 aromatic rings. The van der Waals surface area contributed by atoms with E-state index in [1.54, 1.807) is 0 Å². The number of rotatable bonds is 3. The molecule has 1 saturated heterocycles. The topological polar surface area (TPSA) is 26.7 Å². The van der Waals surface area contributed by atoms with Gasteiger partial charge in [-0.25, -0.2) is 0 Å². The van der Waals surface area contributed by atoms with Gasteiger partial charge in [-0.05, 0) is 74.8 Å². The Morgan fingerprint density at radius 2 is 1.44 bits per heavy atom. The maximum absolute atomic E-state index is 11.1. The predicted octanol–water partition coefficient (Wildman–Crippen LogP) is 5.29. The molecule has 0 amide bonds. The van der Waals surface area contributed by atoms with E-state index in [1.165, 1.54) is 31.5 Å². The van der Waals surface area contributed by atoms with Gasteiger partial charge in [-0.2, -0.15) is 0 Å². The molecule has 3 heteroatoms. The van der Waals surface area contributed by atoms with Crippen LogP contribution in [0.5, 0.6) is 5.75 Å². The molecule has 1 aromatic carbocycles. The summed E-state index contributed by atoms with van der Waals surface area (Å²) in [6.07, 6.45) is 2.40. The van der Waals surface area contributed by atoms with Crippen LogP contribution >= 0.6 is 0 Å². The van der Waals surface area contributed by atoms with Gasteiger partial charge >= 0.3 is 0 Å². The summed E-state index contributed by atoms with van der Waals surface area (Å²) in [5.74, 6) is 0.501. The predicted molar refractivity (Wildman–Crippen MR) is 117 cm³/mol. The first-order valence-corrected chi connectivity index (χ1v) is 10.7. The molecule has 0 aromatic heterocycles. The van der Waals surface area contributed by atoms with Crippen molar-refractivity contribution in [2.45, 2.75) is 91.6 Å². The van der Waals surface area contributed by atoms with E-state index in [4.69, 9.17) is 0 Å². The van der Waals surface area contributed by atoms with Gasteiger partial charge in [0.1, 0.15) is 5.75 Å². The van der Waals surface area contributed by atoms with Gasteiger partial charge in [-0.3, -0.25) is 4.90 Å². The standard InChI is InChI=1S/C24H42N2O/c1-18(2)26-13-9-11-25(12-10-14-26)17-19-15-20(23(3,4)5)16-21(22(19)27)24(6,7)8/h15-16,18,27H,9-14,17H2,1-8H3. The molecule has 0 atom stereocenters. The van der Waals surface area contributed by atoms with Gasteiger partial charge < -0.3 is 10.0 Å². The van der Waals surface area contributed by atoms with E-state index in [0.29, 0.717) is 11.8 Å². The Morgan fingerprint density at radius 3 is 1.89 bits per heavy atom. The zero-order chi connectivity index (χ0) is 20.4. The number of benzene rings is 1. The zero-order valence-corrected chi connectivity index (χ0v) is 19.0. The number of phenols is 1. The van der Waals surface area contributed by atoms with E-state index in [0.717, 1.165) is 30.8 Å². The van der Waals surface area contributed by atoms with Gasteiger partial charge in [0.2, 0.25) is 0 Å². The van der Waals surface area contributed by atoms with E-state index in [-0.39, 0.29) is 10.8 Å². The summed E-state index contributed by atoms with van der Waals surface area (Å²) in [4.78, 5) is 5.12. The zero-order valence-electron chi connectivity index (χ0n) is 19.0. The van der Waals surface area contributed by atoms with Crippen LogP contribution < -0.4 is 0 Å². The monoisotopic (exact) mass is 374 g/mol. The number of nitrogens with zero attached hydrogens (tertiary/aromatic N) is 2.